The van der Waals surface area contributed by atoms with Gasteiger partial charge in [0.2, 0.25) is 0 Å². The fraction of sp³-hybridized carbons (Fsp3) is 0.500. The number of rotatable bonds is 5. The van der Waals surface area contributed by atoms with Crippen molar-refractivity contribution < 1.29 is 9.47 Å². The third kappa shape index (κ3) is 2.66. The number of para-hydroxylation sites is 2. The zero-order valence-corrected chi connectivity index (χ0v) is 9.12. The Bertz CT molecular complexity index is 267. The van der Waals surface area contributed by atoms with Gasteiger partial charge in [-0.15, -0.1) is 0 Å². The van der Waals surface area contributed by atoms with Gasteiger partial charge in [0.1, 0.15) is 0 Å². The minimum atomic E-state index is 0.284. The van der Waals surface area contributed by atoms with E-state index in [-0.39, 0.29) is 6.10 Å². The first-order chi connectivity index (χ1) is 6.81. The first kappa shape index (κ1) is 10.9. The fourth-order valence-electron chi connectivity index (χ4n) is 1.35. The molecule has 0 amide bonds. The van der Waals surface area contributed by atoms with Crippen LogP contribution in [0.4, 0.5) is 0 Å². The van der Waals surface area contributed by atoms with Crippen LogP contribution in [0.5, 0.6) is 11.5 Å². The molecule has 1 aromatic carbocycles. The summed E-state index contributed by atoms with van der Waals surface area (Å²) in [6.07, 6.45) is 2.33. The minimum Gasteiger partial charge on any atom is -0.493 e. The van der Waals surface area contributed by atoms with Gasteiger partial charge in [0, 0.05) is 0 Å². The van der Waals surface area contributed by atoms with E-state index in [0.717, 1.165) is 24.3 Å². The topological polar surface area (TPSA) is 18.5 Å². The molecule has 14 heavy (non-hydrogen) atoms. The summed E-state index contributed by atoms with van der Waals surface area (Å²) in [6.45, 7) is 4.26. The quantitative estimate of drug-likeness (QED) is 0.716. The van der Waals surface area contributed by atoms with Gasteiger partial charge in [0.05, 0.1) is 13.2 Å². The molecular weight excluding hydrogens is 176 g/mol. The molecule has 0 atom stereocenters. The number of benzene rings is 1. The van der Waals surface area contributed by atoms with Crippen molar-refractivity contribution in [3.05, 3.63) is 24.3 Å². The molecule has 1 aromatic rings. The highest BCUT2D eigenvalue weighted by atomic mass is 16.5. The number of methoxy groups -OCH3 is 1. The molecule has 0 heterocycles. The molecule has 0 bridgehead atoms. The molecule has 0 radical (unpaired) electrons. The monoisotopic (exact) mass is 194 g/mol. The molecule has 1 rings (SSSR count). The summed E-state index contributed by atoms with van der Waals surface area (Å²) in [5.41, 5.74) is 0. The number of hydrogen-bond acceptors (Lipinski definition) is 2. The molecule has 0 aliphatic carbocycles. The summed E-state index contributed by atoms with van der Waals surface area (Å²) < 4.78 is 11.0. The molecule has 0 aliphatic heterocycles. The van der Waals surface area contributed by atoms with Crippen LogP contribution in [0.2, 0.25) is 0 Å². The molecule has 0 fully saturated rings. The standard InChI is InChI=1S/C12H18O2/c1-4-10(5-2)14-12-9-7-6-8-11(12)13-3/h6-10H,4-5H2,1-3H3. The zero-order chi connectivity index (χ0) is 10.4. The highest BCUT2D eigenvalue weighted by Gasteiger charge is 2.08. The SMILES string of the molecule is CCC(CC)Oc1ccccc1OC. The minimum absolute atomic E-state index is 0.284. The van der Waals surface area contributed by atoms with Gasteiger partial charge in [-0.05, 0) is 25.0 Å². The molecule has 2 heteroatoms. The second-order valence-electron chi connectivity index (χ2n) is 3.21. The van der Waals surface area contributed by atoms with Crippen molar-refractivity contribution in [2.45, 2.75) is 32.8 Å². The van der Waals surface area contributed by atoms with Crippen LogP contribution >= 0.6 is 0 Å². The maximum absolute atomic E-state index is 5.81. The lowest BCUT2D eigenvalue weighted by atomic mass is 10.2. The summed E-state index contributed by atoms with van der Waals surface area (Å²) in [6, 6.07) is 7.76. The molecule has 0 aliphatic rings. The van der Waals surface area contributed by atoms with Crippen LogP contribution in [0.3, 0.4) is 0 Å². The van der Waals surface area contributed by atoms with E-state index in [1.54, 1.807) is 7.11 Å². The first-order valence-corrected chi connectivity index (χ1v) is 5.11. The molecule has 0 aromatic heterocycles. The van der Waals surface area contributed by atoms with E-state index >= 15 is 0 Å². The number of hydrogen-bond donors (Lipinski definition) is 0. The highest BCUT2D eigenvalue weighted by Crippen LogP contribution is 2.27. The van der Waals surface area contributed by atoms with E-state index in [9.17, 15) is 0 Å². The molecule has 2 nitrogen and oxygen atoms in total. The molecule has 78 valence electrons. The molecule has 0 saturated carbocycles. The third-order valence-electron chi connectivity index (χ3n) is 2.27. The summed E-state index contributed by atoms with van der Waals surface area (Å²) in [7, 11) is 1.66. The van der Waals surface area contributed by atoms with E-state index in [4.69, 9.17) is 9.47 Å². The average Bonchev–Trinajstić information content (AvgIpc) is 2.26. The van der Waals surface area contributed by atoms with Crippen LogP contribution in [0.1, 0.15) is 26.7 Å². The molecular formula is C12H18O2. The third-order valence-corrected chi connectivity index (χ3v) is 2.27. The predicted molar refractivity (Wildman–Crippen MR) is 58.0 cm³/mol. The Kier molecular flexibility index (Phi) is 4.30. The maximum Gasteiger partial charge on any atom is 0.161 e. The molecule has 0 N–H and O–H groups in total. The van der Waals surface area contributed by atoms with Crippen LogP contribution in [-0.4, -0.2) is 13.2 Å². The maximum atomic E-state index is 5.81. The summed E-state index contributed by atoms with van der Waals surface area (Å²) in [5.74, 6) is 1.64. The van der Waals surface area contributed by atoms with Crippen molar-refractivity contribution >= 4 is 0 Å². The van der Waals surface area contributed by atoms with E-state index in [0.29, 0.717) is 0 Å². The first-order valence-electron chi connectivity index (χ1n) is 5.11. The Morgan fingerprint density at radius 3 is 2.14 bits per heavy atom. The van der Waals surface area contributed by atoms with Crippen LogP contribution < -0.4 is 9.47 Å². The second-order valence-corrected chi connectivity index (χ2v) is 3.21. The predicted octanol–water partition coefficient (Wildman–Crippen LogP) is 3.26. The number of ether oxygens (including phenoxy) is 2. The Morgan fingerprint density at radius 1 is 1.07 bits per heavy atom. The van der Waals surface area contributed by atoms with Crippen LogP contribution in [0.15, 0.2) is 24.3 Å². The van der Waals surface area contributed by atoms with Crippen molar-refractivity contribution in [1.29, 1.82) is 0 Å². The van der Waals surface area contributed by atoms with Gasteiger partial charge < -0.3 is 9.47 Å². The van der Waals surface area contributed by atoms with E-state index in [1.165, 1.54) is 0 Å². The fourth-order valence-corrected chi connectivity index (χ4v) is 1.35. The van der Waals surface area contributed by atoms with Crippen molar-refractivity contribution in [2.24, 2.45) is 0 Å². The van der Waals surface area contributed by atoms with Crippen LogP contribution in [0.25, 0.3) is 0 Å². The van der Waals surface area contributed by atoms with Gasteiger partial charge in [0.15, 0.2) is 11.5 Å². The van der Waals surface area contributed by atoms with Crippen LogP contribution in [-0.2, 0) is 0 Å². The zero-order valence-electron chi connectivity index (χ0n) is 9.12. The Hall–Kier alpha value is -1.18. The molecule has 0 unspecified atom stereocenters. The Labute approximate surface area is 85.8 Å². The highest BCUT2D eigenvalue weighted by molar-refractivity contribution is 5.39. The van der Waals surface area contributed by atoms with Gasteiger partial charge in [0.25, 0.3) is 0 Å². The van der Waals surface area contributed by atoms with Gasteiger partial charge in [-0.2, -0.15) is 0 Å². The second kappa shape index (κ2) is 5.53. The average molecular weight is 194 g/mol. The van der Waals surface area contributed by atoms with Crippen molar-refractivity contribution in [3.63, 3.8) is 0 Å². The van der Waals surface area contributed by atoms with Crippen molar-refractivity contribution in [2.75, 3.05) is 7.11 Å². The van der Waals surface area contributed by atoms with Crippen LogP contribution in [0, 0.1) is 0 Å². The Balaban J connectivity index is 2.74. The molecule has 0 spiro atoms. The van der Waals surface area contributed by atoms with E-state index < -0.39 is 0 Å². The van der Waals surface area contributed by atoms with Gasteiger partial charge in [-0.25, -0.2) is 0 Å². The normalized spacial score (nSPS) is 10.3. The largest absolute Gasteiger partial charge is 0.493 e. The van der Waals surface area contributed by atoms with Gasteiger partial charge in [-0.1, -0.05) is 26.0 Å². The summed E-state index contributed by atoms with van der Waals surface area (Å²) >= 11 is 0. The smallest absolute Gasteiger partial charge is 0.161 e. The van der Waals surface area contributed by atoms with E-state index in [2.05, 4.69) is 13.8 Å². The summed E-state index contributed by atoms with van der Waals surface area (Å²) in [5, 5.41) is 0. The lowest BCUT2D eigenvalue weighted by Gasteiger charge is -2.17. The summed E-state index contributed by atoms with van der Waals surface area (Å²) in [4.78, 5) is 0. The van der Waals surface area contributed by atoms with Gasteiger partial charge >= 0.3 is 0 Å². The van der Waals surface area contributed by atoms with Gasteiger partial charge in [-0.3, -0.25) is 0 Å². The lowest BCUT2D eigenvalue weighted by molar-refractivity contribution is 0.185. The van der Waals surface area contributed by atoms with E-state index in [1.807, 2.05) is 24.3 Å². The Morgan fingerprint density at radius 2 is 1.64 bits per heavy atom. The van der Waals surface area contributed by atoms with Crippen molar-refractivity contribution in [3.8, 4) is 11.5 Å². The lowest BCUT2D eigenvalue weighted by Crippen LogP contribution is -2.14. The van der Waals surface area contributed by atoms with Crippen molar-refractivity contribution in [1.82, 2.24) is 0 Å². The molecule has 0 saturated heterocycles.